The summed E-state index contributed by atoms with van der Waals surface area (Å²) in [6, 6.07) is 0. The molecule has 0 amide bonds. The van der Waals surface area contributed by atoms with Crippen molar-refractivity contribution in [3.8, 4) is 0 Å². The lowest BCUT2D eigenvalue weighted by atomic mass is 9.74. The molecule has 1 aliphatic carbocycles. The molecule has 0 spiro atoms. The first-order valence-corrected chi connectivity index (χ1v) is 6.16. The molecular formula is C13H26O. The first kappa shape index (κ1) is 12.0. The Kier molecular flexibility index (Phi) is 4.00. The number of rotatable bonds is 4. The van der Waals surface area contributed by atoms with Crippen LogP contribution in [0.3, 0.4) is 0 Å². The molecule has 0 aromatic rings. The SMILES string of the molecule is CCCC(O)CC1CCC(C)C1(C)C. The normalized spacial score (nSPS) is 33.2. The Morgan fingerprint density at radius 2 is 2.00 bits per heavy atom. The molecule has 1 aliphatic rings. The first-order chi connectivity index (χ1) is 6.48. The van der Waals surface area contributed by atoms with Crippen LogP contribution in [0.15, 0.2) is 0 Å². The van der Waals surface area contributed by atoms with Gasteiger partial charge in [0, 0.05) is 0 Å². The van der Waals surface area contributed by atoms with E-state index in [1.54, 1.807) is 0 Å². The molecule has 0 radical (unpaired) electrons. The molecule has 1 N–H and O–H groups in total. The minimum atomic E-state index is -0.0606. The monoisotopic (exact) mass is 198 g/mol. The summed E-state index contributed by atoms with van der Waals surface area (Å²) in [5.74, 6) is 1.56. The maximum atomic E-state index is 9.83. The van der Waals surface area contributed by atoms with E-state index in [-0.39, 0.29) is 6.10 Å². The van der Waals surface area contributed by atoms with Crippen LogP contribution in [0, 0.1) is 17.3 Å². The molecule has 3 unspecified atom stereocenters. The predicted octanol–water partition coefficient (Wildman–Crippen LogP) is 3.61. The van der Waals surface area contributed by atoms with Crippen LogP contribution in [0.1, 0.15) is 59.8 Å². The van der Waals surface area contributed by atoms with Crippen molar-refractivity contribution in [3.63, 3.8) is 0 Å². The highest BCUT2D eigenvalue weighted by Crippen LogP contribution is 2.49. The van der Waals surface area contributed by atoms with Gasteiger partial charge in [0.1, 0.15) is 0 Å². The second-order valence-electron chi connectivity index (χ2n) is 5.67. The van der Waals surface area contributed by atoms with E-state index in [0.717, 1.165) is 31.1 Å². The lowest BCUT2D eigenvalue weighted by molar-refractivity contribution is 0.0907. The Labute approximate surface area is 88.9 Å². The Hall–Kier alpha value is -0.0400. The topological polar surface area (TPSA) is 20.2 Å². The van der Waals surface area contributed by atoms with Gasteiger partial charge in [-0.05, 0) is 42.9 Å². The third-order valence-corrected chi connectivity index (χ3v) is 4.45. The van der Waals surface area contributed by atoms with Gasteiger partial charge in [-0.25, -0.2) is 0 Å². The molecule has 0 aliphatic heterocycles. The molecule has 84 valence electrons. The first-order valence-electron chi connectivity index (χ1n) is 6.16. The average Bonchev–Trinajstić information content (AvgIpc) is 2.32. The molecule has 1 fully saturated rings. The Balaban J connectivity index is 2.45. The van der Waals surface area contributed by atoms with Gasteiger partial charge in [0.25, 0.3) is 0 Å². The van der Waals surface area contributed by atoms with Crippen molar-refractivity contribution in [2.45, 2.75) is 65.9 Å². The molecule has 0 bridgehead atoms. The van der Waals surface area contributed by atoms with Crippen molar-refractivity contribution in [2.24, 2.45) is 17.3 Å². The van der Waals surface area contributed by atoms with Crippen molar-refractivity contribution >= 4 is 0 Å². The van der Waals surface area contributed by atoms with Crippen molar-refractivity contribution < 1.29 is 5.11 Å². The van der Waals surface area contributed by atoms with Gasteiger partial charge in [-0.3, -0.25) is 0 Å². The summed E-state index contributed by atoms with van der Waals surface area (Å²) in [7, 11) is 0. The van der Waals surface area contributed by atoms with E-state index in [0.29, 0.717) is 5.41 Å². The molecule has 0 heterocycles. The van der Waals surface area contributed by atoms with Crippen LogP contribution in [0.2, 0.25) is 0 Å². The summed E-state index contributed by atoms with van der Waals surface area (Å²) in [4.78, 5) is 0. The fraction of sp³-hybridized carbons (Fsp3) is 1.00. The third kappa shape index (κ3) is 2.50. The zero-order valence-corrected chi connectivity index (χ0v) is 10.2. The Morgan fingerprint density at radius 1 is 1.36 bits per heavy atom. The van der Waals surface area contributed by atoms with Gasteiger partial charge in [0.2, 0.25) is 0 Å². The number of hydrogen-bond acceptors (Lipinski definition) is 1. The van der Waals surface area contributed by atoms with Gasteiger partial charge in [-0.2, -0.15) is 0 Å². The molecule has 1 nitrogen and oxygen atoms in total. The van der Waals surface area contributed by atoms with E-state index >= 15 is 0 Å². The summed E-state index contributed by atoms with van der Waals surface area (Å²) in [5, 5.41) is 9.83. The summed E-state index contributed by atoms with van der Waals surface area (Å²) < 4.78 is 0. The second-order valence-corrected chi connectivity index (χ2v) is 5.67. The fourth-order valence-electron chi connectivity index (χ4n) is 2.80. The zero-order valence-electron chi connectivity index (χ0n) is 10.2. The van der Waals surface area contributed by atoms with E-state index in [2.05, 4.69) is 27.7 Å². The van der Waals surface area contributed by atoms with E-state index < -0.39 is 0 Å². The molecule has 1 saturated carbocycles. The minimum absolute atomic E-state index is 0.0606. The fourth-order valence-corrected chi connectivity index (χ4v) is 2.80. The number of aliphatic hydroxyl groups excluding tert-OH is 1. The Bertz CT molecular complexity index is 174. The molecule has 3 atom stereocenters. The summed E-state index contributed by atoms with van der Waals surface area (Å²) in [6.07, 6.45) is 5.69. The van der Waals surface area contributed by atoms with Crippen molar-refractivity contribution in [3.05, 3.63) is 0 Å². The summed E-state index contributed by atoms with van der Waals surface area (Å²) >= 11 is 0. The smallest absolute Gasteiger partial charge is 0.0543 e. The number of aliphatic hydroxyl groups is 1. The summed E-state index contributed by atoms with van der Waals surface area (Å²) in [6.45, 7) is 9.24. The van der Waals surface area contributed by atoms with Gasteiger partial charge >= 0.3 is 0 Å². The van der Waals surface area contributed by atoms with Gasteiger partial charge in [-0.15, -0.1) is 0 Å². The largest absolute Gasteiger partial charge is 0.393 e. The van der Waals surface area contributed by atoms with Gasteiger partial charge in [0.15, 0.2) is 0 Å². The lowest BCUT2D eigenvalue weighted by Gasteiger charge is -2.32. The van der Waals surface area contributed by atoms with Gasteiger partial charge in [0.05, 0.1) is 6.10 Å². The predicted molar refractivity (Wildman–Crippen MR) is 61.2 cm³/mol. The number of hydrogen-bond donors (Lipinski definition) is 1. The molecule has 1 heteroatoms. The van der Waals surface area contributed by atoms with E-state index in [4.69, 9.17) is 0 Å². The Morgan fingerprint density at radius 3 is 2.43 bits per heavy atom. The van der Waals surface area contributed by atoms with Crippen LogP contribution >= 0.6 is 0 Å². The average molecular weight is 198 g/mol. The minimum Gasteiger partial charge on any atom is -0.393 e. The highest BCUT2D eigenvalue weighted by molar-refractivity contribution is 4.90. The zero-order chi connectivity index (χ0) is 10.8. The molecule has 0 saturated heterocycles. The molecule has 0 aromatic carbocycles. The van der Waals surface area contributed by atoms with Crippen LogP contribution in [0.4, 0.5) is 0 Å². The van der Waals surface area contributed by atoms with Gasteiger partial charge < -0.3 is 5.11 Å². The highest BCUT2D eigenvalue weighted by atomic mass is 16.3. The van der Waals surface area contributed by atoms with Gasteiger partial charge in [-0.1, -0.05) is 34.1 Å². The molecule has 0 aromatic heterocycles. The maximum Gasteiger partial charge on any atom is 0.0543 e. The third-order valence-electron chi connectivity index (χ3n) is 4.45. The van der Waals surface area contributed by atoms with Crippen LogP contribution < -0.4 is 0 Å². The van der Waals surface area contributed by atoms with E-state index in [9.17, 15) is 5.11 Å². The maximum absolute atomic E-state index is 9.83. The van der Waals surface area contributed by atoms with Crippen LogP contribution in [-0.4, -0.2) is 11.2 Å². The van der Waals surface area contributed by atoms with Crippen LogP contribution in [0.25, 0.3) is 0 Å². The lowest BCUT2D eigenvalue weighted by Crippen LogP contribution is -2.26. The quantitative estimate of drug-likeness (QED) is 0.731. The molecule has 14 heavy (non-hydrogen) atoms. The van der Waals surface area contributed by atoms with Crippen LogP contribution in [0.5, 0.6) is 0 Å². The summed E-state index contributed by atoms with van der Waals surface area (Å²) in [5.41, 5.74) is 0.439. The van der Waals surface area contributed by atoms with Crippen LogP contribution in [-0.2, 0) is 0 Å². The van der Waals surface area contributed by atoms with Crippen molar-refractivity contribution in [1.29, 1.82) is 0 Å². The van der Waals surface area contributed by atoms with Crippen molar-refractivity contribution in [2.75, 3.05) is 0 Å². The standard InChI is InChI=1S/C13H26O/c1-5-6-12(14)9-11-8-7-10(2)13(11,3)4/h10-12,14H,5-9H2,1-4H3. The van der Waals surface area contributed by atoms with E-state index in [1.165, 1.54) is 12.8 Å². The second kappa shape index (κ2) is 4.65. The highest BCUT2D eigenvalue weighted by Gasteiger charge is 2.40. The van der Waals surface area contributed by atoms with Crippen molar-refractivity contribution in [1.82, 2.24) is 0 Å². The molecular weight excluding hydrogens is 172 g/mol. The molecule has 1 rings (SSSR count). The van der Waals surface area contributed by atoms with E-state index in [1.807, 2.05) is 0 Å².